The third kappa shape index (κ3) is 1.46. The topological polar surface area (TPSA) is 43.1 Å². The lowest BCUT2D eigenvalue weighted by atomic mass is 10.4. The summed E-state index contributed by atoms with van der Waals surface area (Å²) in [5.74, 6) is 0. The van der Waals surface area contributed by atoms with Gasteiger partial charge in [-0.3, -0.25) is 0 Å². The Morgan fingerprint density at radius 2 is 2.33 bits per heavy atom. The van der Waals surface area contributed by atoms with Gasteiger partial charge in [-0.15, -0.1) is 11.3 Å². The Balaban J connectivity index is 2.12. The minimum atomic E-state index is 0.901. The van der Waals surface area contributed by atoms with Crippen LogP contribution in [0.2, 0.25) is 0 Å². The molecule has 0 radical (unpaired) electrons. The molecule has 0 aliphatic carbocycles. The molecule has 0 aliphatic rings. The quantitative estimate of drug-likeness (QED) is 0.686. The van der Waals surface area contributed by atoms with E-state index in [1.54, 1.807) is 22.7 Å². The molecule has 3 rings (SSSR count). The van der Waals surface area contributed by atoms with Gasteiger partial charge in [0.2, 0.25) is 4.96 Å². The number of imidazole rings is 1. The predicted molar refractivity (Wildman–Crippen MR) is 61.4 cm³/mol. The smallest absolute Gasteiger partial charge is 0.212 e. The first-order valence-electron chi connectivity index (χ1n) is 4.60. The minimum absolute atomic E-state index is 0.901. The maximum absolute atomic E-state index is 4.49. The lowest BCUT2D eigenvalue weighted by Crippen LogP contribution is -1.83. The third-order valence-corrected chi connectivity index (χ3v) is 3.74. The van der Waals surface area contributed by atoms with Crippen LogP contribution in [-0.4, -0.2) is 19.6 Å². The Labute approximate surface area is 94.2 Å². The Kier molecular flexibility index (Phi) is 2.03. The van der Waals surface area contributed by atoms with Gasteiger partial charge in [-0.25, -0.2) is 14.5 Å². The van der Waals surface area contributed by atoms with Crippen molar-refractivity contribution >= 4 is 27.6 Å². The van der Waals surface area contributed by atoms with Crippen LogP contribution in [0.15, 0.2) is 17.1 Å². The van der Waals surface area contributed by atoms with Gasteiger partial charge in [0.15, 0.2) is 0 Å². The standard InChI is InChI=1S/C9H8N4S2/c1-2-8-12-13-3-6(11-9(13)15-8)7-4-14-5-10-7/h3-5H,2H2,1H3. The lowest BCUT2D eigenvalue weighted by Gasteiger charge is -1.85. The molecule has 0 N–H and O–H groups in total. The summed E-state index contributed by atoms with van der Waals surface area (Å²) in [5.41, 5.74) is 3.64. The highest BCUT2D eigenvalue weighted by Gasteiger charge is 2.09. The molecule has 3 aromatic heterocycles. The van der Waals surface area contributed by atoms with E-state index in [-0.39, 0.29) is 0 Å². The minimum Gasteiger partial charge on any atom is -0.243 e. The van der Waals surface area contributed by atoms with Crippen LogP contribution in [-0.2, 0) is 6.42 Å². The van der Waals surface area contributed by atoms with Crippen LogP contribution in [0, 0.1) is 0 Å². The zero-order valence-electron chi connectivity index (χ0n) is 8.04. The summed E-state index contributed by atoms with van der Waals surface area (Å²) in [6.07, 6.45) is 2.89. The van der Waals surface area contributed by atoms with Gasteiger partial charge in [-0.2, -0.15) is 5.10 Å². The van der Waals surface area contributed by atoms with Crippen molar-refractivity contribution in [2.75, 3.05) is 0 Å². The predicted octanol–water partition coefficient (Wildman–Crippen LogP) is 2.48. The van der Waals surface area contributed by atoms with Gasteiger partial charge in [0.05, 0.1) is 11.7 Å². The fourth-order valence-corrected chi connectivity index (χ4v) is 2.71. The van der Waals surface area contributed by atoms with Crippen molar-refractivity contribution in [3.05, 3.63) is 22.1 Å². The monoisotopic (exact) mass is 236 g/mol. The zero-order valence-corrected chi connectivity index (χ0v) is 9.68. The van der Waals surface area contributed by atoms with Crippen molar-refractivity contribution in [3.8, 4) is 11.4 Å². The first kappa shape index (κ1) is 8.99. The summed E-state index contributed by atoms with van der Waals surface area (Å²) in [6, 6.07) is 0. The normalized spacial score (nSPS) is 11.3. The van der Waals surface area contributed by atoms with E-state index in [0.717, 1.165) is 27.8 Å². The molecule has 0 saturated heterocycles. The highest BCUT2D eigenvalue weighted by atomic mass is 32.1. The third-order valence-electron chi connectivity index (χ3n) is 2.08. The molecule has 3 heterocycles. The summed E-state index contributed by atoms with van der Waals surface area (Å²) in [6.45, 7) is 2.10. The molecule has 0 fully saturated rings. The van der Waals surface area contributed by atoms with Gasteiger partial charge >= 0.3 is 0 Å². The Morgan fingerprint density at radius 1 is 1.40 bits per heavy atom. The largest absolute Gasteiger partial charge is 0.243 e. The molecule has 0 saturated carbocycles. The Hall–Kier alpha value is -1.27. The number of fused-ring (bicyclic) bond motifs is 1. The van der Waals surface area contributed by atoms with Crippen LogP contribution < -0.4 is 0 Å². The highest BCUT2D eigenvalue weighted by Crippen LogP contribution is 2.21. The molecule has 3 aromatic rings. The molecular weight excluding hydrogens is 228 g/mol. The van der Waals surface area contributed by atoms with E-state index in [9.17, 15) is 0 Å². The first-order valence-corrected chi connectivity index (χ1v) is 6.36. The highest BCUT2D eigenvalue weighted by molar-refractivity contribution is 7.16. The molecule has 76 valence electrons. The lowest BCUT2D eigenvalue weighted by molar-refractivity contribution is 0.910. The van der Waals surface area contributed by atoms with Crippen molar-refractivity contribution in [1.29, 1.82) is 0 Å². The van der Waals surface area contributed by atoms with Crippen LogP contribution in [0.25, 0.3) is 16.3 Å². The maximum Gasteiger partial charge on any atom is 0.212 e. The Morgan fingerprint density at radius 3 is 3.00 bits per heavy atom. The molecule has 0 amide bonds. The second kappa shape index (κ2) is 3.39. The van der Waals surface area contributed by atoms with E-state index in [4.69, 9.17) is 0 Å². The summed E-state index contributed by atoms with van der Waals surface area (Å²) in [5, 5.41) is 7.52. The molecule has 15 heavy (non-hydrogen) atoms. The number of aryl methyl sites for hydroxylation is 1. The molecule has 0 aromatic carbocycles. The molecule has 0 spiro atoms. The summed E-state index contributed by atoms with van der Waals surface area (Å²) in [7, 11) is 0. The van der Waals surface area contributed by atoms with E-state index >= 15 is 0 Å². The fraction of sp³-hybridized carbons (Fsp3) is 0.222. The number of hydrogen-bond donors (Lipinski definition) is 0. The van der Waals surface area contributed by atoms with Gasteiger partial charge in [-0.1, -0.05) is 18.3 Å². The van der Waals surface area contributed by atoms with Crippen molar-refractivity contribution in [2.24, 2.45) is 0 Å². The molecule has 0 unspecified atom stereocenters. The molecule has 0 bridgehead atoms. The van der Waals surface area contributed by atoms with Crippen molar-refractivity contribution in [2.45, 2.75) is 13.3 Å². The zero-order chi connectivity index (χ0) is 10.3. The molecule has 6 heteroatoms. The van der Waals surface area contributed by atoms with Crippen molar-refractivity contribution in [3.63, 3.8) is 0 Å². The van der Waals surface area contributed by atoms with Gasteiger partial charge in [0.1, 0.15) is 16.4 Å². The van der Waals surface area contributed by atoms with Crippen molar-refractivity contribution in [1.82, 2.24) is 19.6 Å². The van der Waals surface area contributed by atoms with E-state index < -0.39 is 0 Å². The van der Waals surface area contributed by atoms with E-state index in [1.165, 1.54) is 0 Å². The fourth-order valence-electron chi connectivity index (χ4n) is 1.35. The first-order chi connectivity index (χ1) is 7.36. The second-order valence-electron chi connectivity index (χ2n) is 3.08. The molecule has 4 nitrogen and oxygen atoms in total. The van der Waals surface area contributed by atoms with Gasteiger partial charge < -0.3 is 0 Å². The number of rotatable bonds is 2. The molecular formula is C9H8N4S2. The summed E-state index contributed by atoms with van der Waals surface area (Å²) in [4.78, 5) is 9.65. The van der Waals surface area contributed by atoms with Crippen molar-refractivity contribution < 1.29 is 0 Å². The number of aromatic nitrogens is 4. The summed E-state index contributed by atoms with van der Waals surface area (Å²) >= 11 is 3.21. The molecule has 0 aliphatic heterocycles. The van der Waals surface area contributed by atoms with E-state index in [2.05, 4.69) is 22.0 Å². The van der Waals surface area contributed by atoms with Crippen LogP contribution in [0.3, 0.4) is 0 Å². The van der Waals surface area contributed by atoms with Crippen LogP contribution in [0.5, 0.6) is 0 Å². The summed E-state index contributed by atoms with van der Waals surface area (Å²) < 4.78 is 1.83. The van der Waals surface area contributed by atoms with Crippen LogP contribution >= 0.6 is 22.7 Å². The second-order valence-corrected chi connectivity index (χ2v) is 4.84. The molecule has 0 atom stereocenters. The van der Waals surface area contributed by atoms with Crippen LogP contribution in [0.1, 0.15) is 11.9 Å². The number of thiazole rings is 1. The SMILES string of the molecule is CCc1nn2cc(-c3cscn3)nc2s1. The van der Waals surface area contributed by atoms with E-state index in [0.29, 0.717) is 0 Å². The van der Waals surface area contributed by atoms with Gasteiger partial charge in [0, 0.05) is 5.38 Å². The Bertz CT molecular complexity index is 547. The average molecular weight is 236 g/mol. The number of nitrogens with zero attached hydrogens (tertiary/aromatic N) is 4. The van der Waals surface area contributed by atoms with Crippen LogP contribution in [0.4, 0.5) is 0 Å². The van der Waals surface area contributed by atoms with E-state index in [1.807, 2.05) is 21.6 Å². The maximum atomic E-state index is 4.49. The number of hydrogen-bond acceptors (Lipinski definition) is 5. The van der Waals surface area contributed by atoms with Gasteiger partial charge in [0.25, 0.3) is 0 Å². The average Bonchev–Trinajstić information content (AvgIpc) is 2.91. The van der Waals surface area contributed by atoms with Gasteiger partial charge in [-0.05, 0) is 6.42 Å².